The fraction of sp³-hybridized carbons (Fsp3) is 0.320. The number of anilines is 2. The van der Waals surface area contributed by atoms with Crippen LogP contribution in [0.3, 0.4) is 0 Å². The molecule has 1 amide bonds. The second kappa shape index (κ2) is 10.7. The van der Waals surface area contributed by atoms with Crippen LogP contribution in [0, 0.1) is 5.82 Å². The van der Waals surface area contributed by atoms with E-state index in [4.69, 9.17) is 15.3 Å². The van der Waals surface area contributed by atoms with Gasteiger partial charge in [0.25, 0.3) is 5.91 Å². The van der Waals surface area contributed by atoms with Crippen LogP contribution in [0.15, 0.2) is 45.8 Å². The van der Waals surface area contributed by atoms with Crippen molar-refractivity contribution in [1.29, 1.82) is 0 Å². The number of furan rings is 1. The number of amides is 1. The lowest BCUT2D eigenvalue weighted by Crippen LogP contribution is -2.47. The molecule has 6 rings (SSSR count). The molecular weight excluding hydrogens is 541 g/mol. The summed E-state index contributed by atoms with van der Waals surface area (Å²) < 4.78 is 23.8. The van der Waals surface area contributed by atoms with Crippen molar-refractivity contribution in [2.45, 2.75) is 6.54 Å². The highest BCUT2D eigenvalue weighted by atomic mass is 32.1. The lowest BCUT2D eigenvalue weighted by Gasteiger charge is -2.36. The molecule has 0 radical (unpaired) electrons. The standard InChI is InChI=1S/C25H26FN9O4S/c26-16-14-15(23(37)28-5-12-36)3-4-17(16)33-9-6-32(7-10-33)8-11-34-21-19(40-25(34)38)22-29-20(18-2-1-13-39-18)31-35(22)24(27)30-21/h1-4,13-14,36H,5-12H2,(H2,27,30)(H,28,37). The molecule has 0 atom stereocenters. The van der Waals surface area contributed by atoms with Gasteiger partial charge in [-0.15, -0.1) is 5.10 Å². The number of hydrogen-bond acceptors (Lipinski definition) is 11. The normalized spacial score (nSPS) is 14.4. The summed E-state index contributed by atoms with van der Waals surface area (Å²) in [4.78, 5) is 37.9. The number of piperazine rings is 1. The van der Waals surface area contributed by atoms with Gasteiger partial charge in [-0.05, 0) is 30.3 Å². The number of thiazole rings is 1. The summed E-state index contributed by atoms with van der Waals surface area (Å²) in [6.07, 6.45) is 1.53. The number of aromatic nitrogens is 5. The van der Waals surface area contributed by atoms with Gasteiger partial charge in [-0.1, -0.05) is 11.3 Å². The quantitative estimate of drug-likeness (QED) is 0.247. The third kappa shape index (κ3) is 4.78. The van der Waals surface area contributed by atoms with Crippen LogP contribution >= 0.6 is 11.3 Å². The Labute approximate surface area is 230 Å². The lowest BCUT2D eigenvalue weighted by molar-refractivity contribution is 0.0944. The number of benzene rings is 1. The highest BCUT2D eigenvalue weighted by Crippen LogP contribution is 2.26. The van der Waals surface area contributed by atoms with Gasteiger partial charge in [0, 0.05) is 51.4 Å². The van der Waals surface area contributed by atoms with Gasteiger partial charge < -0.3 is 25.5 Å². The molecule has 0 unspecified atom stereocenters. The summed E-state index contributed by atoms with van der Waals surface area (Å²) in [6, 6.07) is 7.88. The van der Waals surface area contributed by atoms with Crippen molar-refractivity contribution in [3.63, 3.8) is 0 Å². The summed E-state index contributed by atoms with van der Waals surface area (Å²) >= 11 is 1.05. The zero-order valence-corrected chi connectivity index (χ0v) is 22.1. The molecule has 15 heteroatoms. The number of rotatable bonds is 8. The Balaban J connectivity index is 1.13. The number of nitrogens with zero attached hydrogens (tertiary/aromatic N) is 7. The maximum Gasteiger partial charge on any atom is 0.309 e. The number of nitrogen functional groups attached to an aromatic ring is 1. The van der Waals surface area contributed by atoms with Crippen LogP contribution in [-0.4, -0.2) is 85.9 Å². The minimum Gasteiger partial charge on any atom is -0.461 e. The average Bonchev–Trinajstić information content (AvgIpc) is 3.70. The van der Waals surface area contributed by atoms with E-state index >= 15 is 0 Å². The first-order valence-electron chi connectivity index (χ1n) is 12.7. The number of aliphatic hydroxyl groups is 1. The maximum atomic E-state index is 14.8. The predicted molar refractivity (Wildman–Crippen MR) is 147 cm³/mol. The first-order valence-corrected chi connectivity index (χ1v) is 13.5. The molecule has 4 N–H and O–H groups in total. The molecule has 0 aliphatic carbocycles. The third-order valence-electron chi connectivity index (χ3n) is 6.82. The van der Waals surface area contributed by atoms with E-state index in [-0.39, 0.29) is 29.5 Å². The van der Waals surface area contributed by atoms with E-state index in [0.29, 0.717) is 72.5 Å². The van der Waals surface area contributed by atoms with E-state index in [0.717, 1.165) is 11.3 Å². The van der Waals surface area contributed by atoms with E-state index in [9.17, 15) is 14.0 Å². The Bertz CT molecular complexity index is 1740. The highest BCUT2D eigenvalue weighted by molar-refractivity contribution is 7.17. The monoisotopic (exact) mass is 567 g/mol. The molecule has 1 aliphatic heterocycles. The van der Waals surface area contributed by atoms with Crippen molar-refractivity contribution < 1.29 is 18.7 Å². The fourth-order valence-corrected chi connectivity index (χ4v) is 5.70. The van der Waals surface area contributed by atoms with Crippen molar-refractivity contribution in [1.82, 2.24) is 34.4 Å². The number of nitrogens with two attached hydrogens (primary N) is 1. The first-order chi connectivity index (χ1) is 19.4. The van der Waals surface area contributed by atoms with Crippen LogP contribution in [0.25, 0.3) is 27.6 Å². The number of fused-ring (bicyclic) bond motifs is 3. The Morgan fingerprint density at radius 3 is 2.70 bits per heavy atom. The Morgan fingerprint density at radius 2 is 1.98 bits per heavy atom. The summed E-state index contributed by atoms with van der Waals surface area (Å²) in [6.45, 7) is 3.46. The van der Waals surface area contributed by atoms with E-state index in [1.54, 1.807) is 28.8 Å². The van der Waals surface area contributed by atoms with Gasteiger partial charge in [0.15, 0.2) is 17.1 Å². The topological polar surface area (TPSA) is 160 Å². The van der Waals surface area contributed by atoms with Gasteiger partial charge in [0.1, 0.15) is 10.5 Å². The van der Waals surface area contributed by atoms with Gasteiger partial charge in [-0.2, -0.15) is 9.50 Å². The van der Waals surface area contributed by atoms with Gasteiger partial charge in [-0.25, -0.2) is 9.37 Å². The van der Waals surface area contributed by atoms with Crippen molar-refractivity contribution in [2.75, 3.05) is 56.5 Å². The van der Waals surface area contributed by atoms with Crippen LogP contribution in [0.5, 0.6) is 0 Å². The van der Waals surface area contributed by atoms with E-state index < -0.39 is 11.7 Å². The van der Waals surface area contributed by atoms with Gasteiger partial charge in [-0.3, -0.25) is 19.1 Å². The van der Waals surface area contributed by atoms with Crippen molar-refractivity contribution in [2.24, 2.45) is 0 Å². The molecule has 1 fully saturated rings. The van der Waals surface area contributed by atoms with Crippen molar-refractivity contribution >= 4 is 44.9 Å². The molecule has 5 aromatic rings. The number of halogens is 1. The van der Waals surface area contributed by atoms with Crippen LogP contribution in [0.2, 0.25) is 0 Å². The third-order valence-corrected chi connectivity index (χ3v) is 7.78. The molecule has 0 bridgehead atoms. The Hall–Kier alpha value is -4.34. The molecule has 4 aromatic heterocycles. The zero-order chi connectivity index (χ0) is 27.8. The summed E-state index contributed by atoms with van der Waals surface area (Å²) in [5.41, 5.74) is 7.71. The zero-order valence-electron chi connectivity index (χ0n) is 21.3. The van der Waals surface area contributed by atoms with Gasteiger partial charge in [0.2, 0.25) is 11.8 Å². The van der Waals surface area contributed by atoms with Crippen molar-refractivity contribution in [3.05, 3.63) is 57.6 Å². The van der Waals surface area contributed by atoms with Crippen molar-refractivity contribution in [3.8, 4) is 11.6 Å². The molecule has 40 heavy (non-hydrogen) atoms. The Morgan fingerprint density at radius 1 is 1.15 bits per heavy atom. The fourth-order valence-electron chi connectivity index (χ4n) is 4.77. The second-order valence-corrected chi connectivity index (χ2v) is 10.2. The summed E-state index contributed by atoms with van der Waals surface area (Å²) in [7, 11) is 0. The smallest absolute Gasteiger partial charge is 0.309 e. The molecule has 208 valence electrons. The first kappa shape index (κ1) is 25.9. The van der Waals surface area contributed by atoms with Crippen LogP contribution in [0.4, 0.5) is 16.0 Å². The van der Waals surface area contributed by atoms with E-state index in [1.165, 1.54) is 16.8 Å². The largest absolute Gasteiger partial charge is 0.461 e. The molecule has 1 saturated heterocycles. The molecule has 1 aliphatic rings. The second-order valence-electron chi connectivity index (χ2n) is 9.26. The minimum atomic E-state index is -0.472. The summed E-state index contributed by atoms with van der Waals surface area (Å²) in [5, 5.41) is 15.7. The molecule has 13 nitrogen and oxygen atoms in total. The average molecular weight is 568 g/mol. The van der Waals surface area contributed by atoms with E-state index in [1.807, 2.05) is 4.90 Å². The Kier molecular flexibility index (Phi) is 6.91. The van der Waals surface area contributed by atoms with Gasteiger partial charge in [0.05, 0.1) is 18.6 Å². The van der Waals surface area contributed by atoms with E-state index in [2.05, 4.69) is 25.3 Å². The highest BCUT2D eigenvalue weighted by Gasteiger charge is 2.23. The SMILES string of the molecule is Nc1nc2c(sc(=O)n2CCN2CCN(c3ccc(C(=O)NCCO)cc3F)CC2)c2nc(-c3ccco3)nn12. The molecule has 0 spiro atoms. The predicted octanol–water partition coefficient (Wildman–Crippen LogP) is 1.03. The number of hydrogen-bond donors (Lipinski definition) is 3. The molecular formula is C25H26FN9O4S. The minimum absolute atomic E-state index is 0.110. The molecule has 0 saturated carbocycles. The van der Waals surface area contributed by atoms with Gasteiger partial charge >= 0.3 is 4.87 Å². The lowest BCUT2D eigenvalue weighted by atomic mass is 10.1. The molecule has 1 aromatic carbocycles. The van der Waals surface area contributed by atoms with Crippen LogP contribution < -0.4 is 20.8 Å². The number of carbonyl (C=O) groups is 1. The maximum absolute atomic E-state index is 14.8. The number of carbonyl (C=O) groups excluding carboxylic acids is 1. The number of nitrogens with one attached hydrogen (secondary N) is 1. The summed E-state index contributed by atoms with van der Waals surface area (Å²) in [5.74, 6) is 0.0558. The number of aliphatic hydroxyl groups excluding tert-OH is 1. The van der Waals surface area contributed by atoms with Crippen LogP contribution in [-0.2, 0) is 6.54 Å². The molecule has 5 heterocycles. The van der Waals surface area contributed by atoms with Crippen LogP contribution in [0.1, 0.15) is 10.4 Å².